The van der Waals surface area contributed by atoms with Crippen LogP contribution < -0.4 is 5.73 Å². The van der Waals surface area contributed by atoms with Gasteiger partial charge in [0.2, 0.25) is 0 Å². The summed E-state index contributed by atoms with van der Waals surface area (Å²) in [5.74, 6) is 0. The Morgan fingerprint density at radius 2 is 1.47 bits per heavy atom. The molecule has 0 spiro atoms. The second kappa shape index (κ2) is 5.31. The Balaban J connectivity index is 1.87. The molecule has 1 saturated carbocycles. The first-order valence-electron chi connectivity index (χ1n) is 6.77. The van der Waals surface area contributed by atoms with E-state index in [9.17, 15) is 0 Å². The van der Waals surface area contributed by atoms with Gasteiger partial charge in [0.1, 0.15) is 0 Å². The summed E-state index contributed by atoms with van der Waals surface area (Å²) in [6.07, 6.45) is 11.2. The first-order valence-corrected chi connectivity index (χ1v) is 6.77. The van der Waals surface area contributed by atoms with E-state index in [2.05, 4.69) is 4.90 Å². The number of nitrogens with two attached hydrogens (primary N) is 1. The molecule has 0 aromatic rings. The molecule has 1 aliphatic heterocycles. The van der Waals surface area contributed by atoms with Gasteiger partial charge in [-0.15, -0.1) is 0 Å². The van der Waals surface area contributed by atoms with Crippen LogP contribution in [0.2, 0.25) is 0 Å². The molecule has 1 saturated heterocycles. The summed E-state index contributed by atoms with van der Waals surface area (Å²) in [5.41, 5.74) is 6.51. The molecule has 2 nitrogen and oxygen atoms in total. The summed E-state index contributed by atoms with van der Waals surface area (Å²) >= 11 is 0. The van der Waals surface area contributed by atoms with Crippen LogP contribution >= 0.6 is 0 Å². The van der Waals surface area contributed by atoms with Gasteiger partial charge in [-0.1, -0.05) is 25.7 Å². The summed E-state index contributed by atoms with van der Waals surface area (Å²) in [5, 5.41) is 0. The van der Waals surface area contributed by atoms with Crippen LogP contribution in [0.5, 0.6) is 0 Å². The van der Waals surface area contributed by atoms with Gasteiger partial charge in [-0.05, 0) is 50.7 Å². The van der Waals surface area contributed by atoms with E-state index in [4.69, 9.17) is 5.73 Å². The van der Waals surface area contributed by atoms with Crippen molar-refractivity contribution in [3.8, 4) is 0 Å². The monoisotopic (exact) mass is 210 g/mol. The molecular weight excluding hydrogens is 184 g/mol. The number of nitrogens with zero attached hydrogens (tertiary/aromatic N) is 1. The molecule has 2 N–H and O–H groups in total. The molecule has 2 rings (SSSR count). The van der Waals surface area contributed by atoms with Gasteiger partial charge >= 0.3 is 0 Å². The van der Waals surface area contributed by atoms with E-state index in [1.54, 1.807) is 0 Å². The largest absolute Gasteiger partial charge is 0.330 e. The molecular formula is C13H26N2. The molecule has 0 bridgehead atoms. The molecule has 2 fully saturated rings. The van der Waals surface area contributed by atoms with E-state index in [0.29, 0.717) is 5.41 Å². The summed E-state index contributed by atoms with van der Waals surface area (Å²) in [4.78, 5) is 2.67. The molecule has 1 aliphatic carbocycles. The van der Waals surface area contributed by atoms with Crippen LogP contribution in [-0.4, -0.2) is 31.1 Å². The second-order valence-electron chi connectivity index (χ2n) is 5.60. The Kier molecular flexibility index (Phi) is 4.04. The van der Waals surface area contributed by atoms with E-state index < -0.39 is 0 Å². The third kappa shape index (κ3) is 2.94. The maximum atomic E-state index is 6.03. The molecule has 0 atom stereocenters. The lowest BCUT2D eigenvalue weighted by molar-refractivity contribution is 0.0977. The van der Waals surface area contributed by atoms with Gasteiger partial charge < -0.3 is 10.6 Å². The first-order chi connectivity index (χ1) is 7.35. The normalized spacial score (nSPS) is 27.8. The molecule has 0 radical (unpaired) electrons. The van der Waals surface area contributed by atoms with Crippen molar-refractivity contribution < 1.29 is 0 Å². The SMILES string of the molecule is NCC1(CN2CCCCC2)CCCCC1. The van der Waals surface area contributed by atoms with Crippen molar-refractivity contribution in [2.75, 3.05) is 26.2 Å². The fourth-order valence-electron chi connectivity index (χ4n) is 3.32. The predicted molar refractivity (Wildman–Crippen MR) is 64.9 cm³/mol. The number of hydrogen-bond donors (Lipinski definition) is 1. The van der Waals surface area contributed by atoms with Crippen LogP contribution in [0.4, 0.5) is 0 Å². The molecule has 0 aromatic carbocycles. The zero-order valence-electron chi connectivity index (χ0n) is 10.0. The van der Waals surface area contributed by atoms with Crippen molar-refractivity contribution in [1.29, 1.82) is 0 Å². The third-order valence-electron chi connectivity index (χ3n) is 4.35. The Bertz CT molecular complexity index is 179. The first kappa shape index (κ1) is 11.4. The van der Waals surface area contributed by atoms with E-state index in [0.717, 1.165) is 6.54 Å². The Labute approximate surface area is 94.2 Å². The molecule has 1 heterocycles. The fourth-order valence-corrected chi connectivity index (χ4v) is 3.32. The van der Waals surface area contributed by atoms with Gasteiger partial charge in [-0.2, -0.15) is 0 Å². The number of hydrogen-bond acceptors (Lipinski definition) is 2. The van der Waals surface area contributed by atoms with Crippen molar-refractivity contribution in [2.45, 2.75) is 51.4 Å². The number of rotatable bonds is 3. The maximum absolute atomic E-state index is 6.03. The highest BCUT2D eigenvalue weighted by molar-refractivity contribution is 4.87. The molecule has 0 unspecified atom stereocenters. The van der Waals surface area contributed by atoms with Crippen LogP contribution in [0.3, 0.4) is 0 Å². The molecule has 88 valence electrons. The Morgan fingerprint density at radius 1 is 0.867 bits per heavy atom. The van der Waals surface area contributed by atoms with Crippen molar-refractivity contribution in [1.82, 2.24) is 4.90 Å². The molecule has 2 aliphatic rings. The zero-order chi connectivity index (χ0) is 10.6. The topological polar surface area (TPSA) is 29.3 Å². The Hall–Kier alpha value is -0.0800. The standard InChI is InChI=1S/C13H26N2/c14-11-13(7-3-1-4-8-13)12-15-9-5-2-6-10-15/h1-12,14H2. The molecule has 15 heavy (non-hydrogen) atoms. The third-order valence-corrected chi connectivity index (χ3v) is 4.35. The summed E-state index contributed by atoms with van der Waals surface area (Å²) < 4.78 is 0. The summed E-state index contributed by atoms with van der Waals surface area (Å²) in [6.45, 7) is 4.83. The van der Waals surface area contributed by atoms with E-state index in [-0.39, 0.29) is 0 Å². The van der Waals surface area contributed by atoms with Crippen molar-refractivity contribution in [3.63, 3.8) is 0 Å². The highest BCUT2D eigenvalue weighted by Gasteiger charge is 2.32. The van der Waals surface area contributed by atoms with Crippen LogP contribution in [0.25, 0.3) is 0 Å². The average Bonchev–Trinajstić information content (AvgIpc) is 2.32. The lowest BCUT2D eigenvalue weighted by atomic mass is 9.73. The fraction of sp³-hybridized carbons (Fsp3) is 1.00. The van der Waals surface area contributed by atoms with Crippen molar-refractivity contribution >= 4 is 0 Å². The lowest BCUT2D eigenvalue weighted by Gasteiger charge is -2.41. The van der Waals surface area contributed by atoms with Crippen LogP contribution in [-0.2, 0) is 0 Å². The van der Waals surface area contributed by atoms with Crippen LogP contribution in [0.15, 0.2) is 0 Å². The second-order valence-corrected chi connectivity index (χ2v) is 5.60. The van der Waals surface area contributed by atoms with Crippen molar-refractivity contribution in [3.05, 3.63) is 0 Å². The Morgan fingerprint density at radius 3 is 2.07 bits per heavy atom. The molecule has 0 aromatic heterocycles. The highest BCUT2D eigenvalue weighted by Crippen LogP contribution is 2.36. The van der Waals surface area contributed by atoms with E-state index in [1.807, 2.05) is 0 Å². The maximum Gasteiger partial charge on any atom is 0.00501 e. The number of piperidine rings is 1. The zero-order valence-corrected chi connectivity index (χ0v) is 10.0. The summed E-state index contributed by atoms with van der Waals surface area (Å²) in [6, 6.07) is 0. The molecule has 2 heteroatoms. The van der Waals surface area contributed by atoms with Crippen LogP contribution in [0.1, 0.15) is 51.4 Å². The quantitative estimate of drug-likeness (QED) is 0.775. The van der Waals surface area contributed by atoms with Gasteiger partial charge in [0, 0.05) is 6.54 Å². The minimum atomic E-state index is 0.482. The van der Waals surface area contributed by atoms with E-state index >= 15 is 0 Å². The molecule has 0 amide bonds. The van der Waals surface area contributed by atoms with Gasteiger partial charge in [-0.3, -0.25) is 0 Å². The predicted octanol–water partition coefficient (Wildman–Crippen LogP) is 2.38. The summed E-state index contributed by atoms with van der Waals surface area (Å²) in [7, 11) is 0. The minimum absolute atomic E-state index is 0.482. The van der Waals surface area contributed by atoms with Gasteiger partial charge in [0.15, 0.2) is 0 Å². The average molecular weight is 210 g/mol. The van der Waals surface area contributed by atoms with Gasteiger partial charge in [-0.25, -0.2) is 0 Å². The van der Waals surface area contributed by atoms with Gasteiger partial charge in [0.25, 0.3) is 0 Å². The number of likely N-dealkylation sites (tertiary alicyclic amines) is 1. The highest BCUT2D eigenvalue weighted by atomic mass is 15.1. The lowest BCUT2D eigenvalue weighted by Crippen LogP contribution is -2.45. The van der Waals surface area contributed by atoms with Gasteiger partial charge in [0.05, 0.1) is 0 Å². The minimum Gasteiger partial charge on any atom is -0.330 e. The van der Waals surface area contributed by atoms with E-state index in [1.165, 1.54) is 71.0 Å². The van der Waals surface area contributed by atoms with Crippen LogP contribution in [0, 0.1) is 5.41 Å². The smallest absolute Gasteiger partial charge is 0.00501 e. The van der Waals surface area contributed by atoms with Crippen molar-refractivity contribution in [2.24, 2.45) is 11.1 Å².